The maximum absolute atomic E-state index is 13.2. The van der Waals surface area contributed by atoms with Crippen LogP contribution in [0.2, 0.25) is 0 Å². The SMILES string of the molecule is COC(=O)c1ccc(CN2C(=O)N[C@](C)(c3ccc4cc(OC)ccc4c3)C2=O)o1. The number of carbonyl (C=O) groups excluding carboxylic acids is 3. The molecule has 1 atom stereocenters. The standard InChI is InChI=1S/C22H20N2O6/c1-22(15-6-4-14-11-16(28-2)7-5-13(14)10-15)20(26)24(21(27)23-22)12-17-8-9-18(30-17)19(25)29-3/h4-11H,12H2,1-3H3,(H,23,27)/t22-/m1/s1. The number of ether oxygens (including phenoxy) is 2. The lowest BCUT2D eigenvalue weighted by Gasteiger charge is -2.22. The molecule has 0 spiro atoms. The van der Waals surface area contributed by atoms with Crippen LogP contribution in [0.5, 0.6) is 5.75 Å². The van der Waals surface area contributed by atoms with Crippen LogP contribution < -0.4 is 10.1 Å². The highest BCUT2D eigenvalue weighted by Crippen LogP contribution is 2.32. The molecule has 2 aromatic carbocycles. The molecule has 30 heavy (non-hydrogen) atoms. The van der Waals surface area contributed by atoms with Gasteiger partial charge in [-0.25, -0.2) is 9.59 Å². The lowest BCUT2D eigenvalue weighted by atomic mass is 9.90. The summed E-state index contributed by atoms with van der Waals surface area (Å²) in [7, 11) is 2.85. The van der Waals surface area contributed by atoms with Gasteiger partial charge in [0.05, 0.1) is 20.8 Å². The lowest BCUT2D eigenvalue weighted by molar-refractivity contribution is -0.131. The van der Waals surface area contributed by atoms with Crippen LogP contribution in [-0.4, -0.2) is 37.0 Å². The molecule has 4 rings (SSSR count). The van der Waals surface area contributed by atoms with Crippen LogP contribution in [0.15, 0.2) is 52.9 Å². The molecule has 8 nitrogen and oxygen atoms in total. The number of rotatable bonds is 5. The monoisotopic (exact) mass is 408 g/mol. The summed E-state index contributed by atoms with van der Waals surface area (Å²) in [6.45, 7) is 1.57. The van der Waals surface area contributed by atoms with E-state index in [1.807, 2.05) is 36.4 Å². The fourth-order valence-corrected chi connectivity index (χ4v) is 3.53. The zero-order chi connectivity index (χ0) is 21.5. The van der Waals surface area contributed by atoms with Gasteiger partial charge in [-0.1, -0.05) is 18.2 Å². The van der Waals surface area contributed by atoms with Crippen molar-refractivity contribution in [3.8, 4) is 5.75 Å². The predicted molar refractivity (Wildman–Crippen MR) is 107 cm³/mol. The summed E-state index contributed by atoms with van der Waals surface area (Å²) in [4.78, 5) is 38.3. The maximum Gasteiger partial charge on any atom is 0.373 e. The Kier molecular flexibility index (Phi) is 4.69. The third-order valence-corrected chi connectivity index (χ3v) is 5.26. The van der Waals surface area contributed by atoms with Crippen molar-refractivity contribution in [1.82, 2.24) is 10.2 Å². The van der Waals surface area contributed by atoms with Crippen LogP contribution in [0.3, 0.4) is 0 Å². The normalized spacial score (nSPS) is 18.6. The van der Waals surface area contributed by atoms with Crippen molar-refractivity contribution >= 4 is 28.7 Å². The van der Waals surface area contributed by atoms with Gasteiger partial charge in [0.1, 0.15) is 17.0 Å². The number of hydrogen-bond donors (Lipinski definition) is 1. The highest BCUT2D eigenvalue weighted by Gasteiger charge is 2.49. The Balaban J connectivity index is 1.61. The largest absolute Gasteiger partial charge is 0.497 e. The fourth-order valence-electron chi connectivity index (χ4n) is 3.53. The van der Waals surface area contributed by atoms with Crippen LogP contribution in [-0.2, 0) is 21.6 Å². The Hall–Kier alpha value is -3.81. The second-order valence-corrected chi connectivity index (χ2v) is 7.13. The number of hydrogen-bond acceptors (Lipinski definition) is 6. The quantitative estimate of drug-likeness (QED) is 0.514. The van der Waals surface area contributed by atoms with Crippen molar-refractivity contribution in [3.63, 3.8) is 0 Å². The van der Waals surface area contributed by atoms with Gasteiger partial charge in [-0.2, -0.15) is 0 Å². The third-order valence-electron chi connectivity index (χ3n) is 5.26. The molecule has 2 heterocycles. The molecule has 1 aromatic heterocycles. The average molecular weight is 408 g/mol. The van der Waals surface area contributed by atoms with Crippen molar-refractivity contribution in [2.75, 3.05) is 14.2 Å². The van der Waals surface area contributed by atoms with Crippen LogP contribution in [0.4, 0.5) is 4.79 Å². The number of urea groups is 1. The van der Waals surface area contributed by atoms with Crippen LogP contribution >= 0.6 is 0 Å². The molecule has 154 valence electrons. The first-order valence-electron chi connectivity index (χ1n) is 9.25. The van der Waals surface area contributed by atoms with E-state index in [0.717, 1.165) is 21.4 Å². The van der Waals surface area contributed by atoms with Crippen LogP contribution in [0, 0.1) is 0 Å². The maximum atomic E-state index is 13.2. The van der Waals surface area contributed by atoms with Gasteiger partial charge in [0, 0.05) is 0 Å². The van der Waals surface area contributed by atoms with E-state index >= 15 is 0 Å². The number of carbonyl (C=O) groups is 3. The topological polar surface area (TPSA) is 98.1 Å². The molecule has 8 heteroatoms. The van der Waals surface area contributed by atoms with Gasteiger partial charge in [0.25, 0.3) is 5.91 Å². The number of benzene rings is 2. The number of furan rings is 1. The molecular formula is C22H20N2O6. The number of nitrogens with one attached hydrogen (secondary N) is 1. The number of imide groups is 1. The van der Waals surface area contributed by atoms with E-state index in [9.17, 15) is 14.4 Å². The van der Waals surface area contributed by atoms with Crippen molar-refractivity contribution < 1.29 is 28.3 Å². The molecular weight excluding hydrogens is 388 g/mol. The van der Waals surface area contributed by atoms with Crippen LogP contribution in [0.25, 0.3) is 10.8 Å². The average Bonchev–Trinajstić information content (AvgIpc) is 3.31. The summed E-state index contributed by atoms with van der Waals surface area (Å²) in [6.07, 6.45) is 0. The molecule has 0 aliphatic carbocycles. The lowest BCUT2D eigenvalue weighted by Crippen LogP contribution is -2.40. The van der Waals surface area contributed by atoms with Gasteiger partial charge in [-0.3, -0.25) is 9.69 Å². The highest BCUT2D eigenvalue weighted by molar-refractivity contribution is 6.07. The molecule has 0 saturated carbocycles. The number of fused-ring (bicyclic) bond motifs is 1. The molecule has 1 aliphatic rings. The molecule has 1 aliphatic heterocycles. The second kappa shape index (κ2) is 7.22. The molecule has 1 fully saturated rings. The molecule has 0 radical (unpaired) electrons. The summed E-state index contributed by atoms with van der Waals surface area (Å²) < 4.78 is 15.2. The fraction of sp³-hybridized carbons (Fsp3) is 0.227. The molecule has 1 saturated heterocycles. The molecule has 3 amide bonds. The van der Waals surface area contributed by atoms with E-state index in [2.05, 4.69) is 10.1 Å². The van der Waals surface area contributed by atoms with Crippen molar-refractivity contribution in [2.45, 2.75) is 19.0 Å². The minimum absolute atomic E-state index is 0.00673. The van der Waals surface area contributed by atoms with Crippen molar-refractivity contribution in [1.29, 1.82) is 0 Å². The Labute approximate surface area is 172 Å². The van der Waals surface area contributed by atoms with E-state index in [-0.39, 0.29) is 12.3 Å². The van der Waals surface area contributed by atoms with Gasteiger partial charge < -0.3 is 19.2 Å². The Bertz CT molecular complexity index is 1170. The van der Waals surface area contributed by atoms with Gasteiger partial charge in [0.2, 0.25) is 5.76 Å². The summed E-state index contributed by atoms with van der Waals surface area (Å²) in [5.74, 6) is 0.0103. The van der Waals surface area contributed by atoms with Crippen molar-refractivity contribution in [3.05, 3.63) is 65.6 Å². The first-order chi connectivity index (χ1) is 14.4. The zero-order valence-electron chi connectivity index (χ0n) is 16.7. The Morgan fingerprint density at radius 2 is 1.80 bits per heavy atom. The van der Waals surface area contributed by atoms with Gasteiger partial charge in [0.15, 0.2) is 0 Å². The van der Waals surface area contributed by atoms with Gasteiger partial charge >= 0.3 is 12.0 Å². The Morgan fingerprint density at radius 1 is 1.07 bits per heavy atom. The van der Waals surface area contributed by atoms with E-state index in [0.29, 0.717) is 11.3 Å². The first-order valence-corrected chi connectivity index (χ1v) is 9.25. The van der Waals surface area contributed by atoms with E-state index in [4.69, 9.17) is 9.15 Å². The minimum Gasteiger partial charge on any atom is -0.497 e. The van der Waals surface area contributed by atoms with E-state index in [1.165, 1.54) is 19.2 Å². The Morgan fingerprint density at radius 3 is 2.53 bits per heavy atom. The summed E-state index contributed by atoms with van der Waals surface area (Å²) in [5.41, 5.74) is -0.557. The van der Waals surface area contributed by atoms with Crippen LogP contribution in [0.1, 0.15) is 28.8 Å². The number of nitrogens with zero attached hydrogens (tertiary/aromatic N) is 1. The summed E-state index contributed by atoms with van der Waals surface area (Å²) in [6, 6.07) is 13.7. The first kappa shape index (κ1) is 19.5. The zero-order valence-corrected chi connectivity index (χ0v) is 16.7. The van der Waals surface area contributed by atoms with E-state index < -0.39 is 23.4 Å². The predicted octanol–water partition coefficient (Wildman–Crippen LogP) is 3.20. The smallest absolute Gasteiger partial charge is 0.373 e. The number of esters is 1. The third kappa shape index (κ3) is 3.16. The van der Waals surface area contributed by atoms with E-state index in [1.54, 1.807) is 14.0 Å². The molecule has 0 bridgehead atoms. The highest BCUT2D eigenvalue weighted by atomic mass is 16.5. The van der Waals surface area contributed by atoms with Gasteiger partial charge in [-0.15, -0.1) is 0 Å². The number of methoxy groups -OCH3 is 2. The molecule has 0 unspecified atom stereocenters. The molecule has 1 N–H and O–H groups in total. The number of amides is 3. The van der Waals surface area contributed by atoms with Crippen molar-refractivity contribution in [2.24, 2.45) is 0 Å². The minimum atomic E-state index is -1.22. The summed E-state index contributed by atoms with van der Waals surface area (Å²) in [5, 5.41) is 4.65. The van der Waals surface area contributed by atoms with Gasteiger partial charge in [-0.05, 0) is 53.6 Å². The second-order valence-electron chi connectivity index (χ2n) is 7.13. The summed E-state index contributed by atoms with van der Waals surface area (Å²) >= 11 is 0. The molecule has 3 aromatic rings.